The number of carbonyl (C=O) groups excluding carboxylic acids is 1. The van der Waals surface area contributed by atoms with Gasteiger partial charge in [0.2, 0.25) is 0 Å². The van der Waals surface area contributed by atoms with E-state index in [0.717, 1.165) is 21.8 Å². The molecule has 3 heterocycles. The van der Waals surface area contributed by atoms with E-state index in [9.17, 15) is 9.18 Å². The summed E-state index contributed by atoms with van der Waals surface area (Å²) in [6.07, 6.45) is 0. The van der Waals surface area contributed by atoms with Gasteiger partial charge in [-0.2, -0.15) is 0 Å². The van der Waals surface area contributed by atoms with Crippen LogP contribution in [0.5, 0.6) is 0 Å². The molecule has 0 aliphatic carbocycles. The van der Waals surface area contributed by atoms with Crippen LogP contribution >= 0.6 is 11.3 Å². The van der Waals surface area contributed by atoms with Crippen molar-refractivity contribution >= 4 is 17.2 Å². The van der Waals surface area contributed by atoms with E-state index >= 15 is 0 Å². The summed E-state index contributed by atoms with van der Waals surface area (Å²) in [5.41, 5.74) is 3.04. The molecule has 0 saturated heterocycles. The second-order valence-corrected chi connectivity index (χ2v) is 7.87. The molecule has 0 fully saturated rings. The molecule has 1 N–H and O–H groups in total. The maximum absolute atomic E-state index is 13.4. The predicted octanol–water partition coefficient (Wildman–Crippen LogP) is 5.11. The fraction of sp³-hybridized carbons (Fsp3) is 0.182. The summed E-state index contributed by atoms with van der Waals surface area (Å²) in [4.78, 5) is 14.2. The Morgan fingerprint density at radius 1 is 1.17 bits per heavy atom. The number of thiophene rings is 1. The van der Waals surface area contributed by atoms with Crippen LogP contribution in [0.25, 0.3) is 5.82 Å². The van der Waals surface area contributed by atoms with E-state index < -0.39 is 0 Å². The largest absolute Gasteiger partial charge is 0.360 e. The number of nitrogens with one attached hydrogen (secondary N) is 1. The first-order chi connectivity index (χ1) is 13.9. The Kier molecular flexibility index (Phi) is 5.07. The van der Waals surface area contributed by atoms with E-state index in [-0.39, 0.29) is 17.8 Å². The third kappa shape index (κ3) is 3.73. The van der Waals surface area contributed by atoms with E-state index in [4.69, 9.17) is 4.52 Å². The van der Waals surface area contributed by atoms with Crippen LogP contribution in [0.3, 0.4) is 0 Å². The molecule has 148 valence electrons. The lowest BCUT2D eigenvalue weighted by atomic mass is 10.0. The molecular weight excluding hydrogens is 389 g/mol. The lowest BCUT2D eigenvalue weighted by molar-refractivity contribution is 0.0943. The van der Waals surface area contributed by atoms with Gasteiger partial charge in [-0.25, -0.2) is 4.39 Å². The SMILES string of the molecule is Cc1cc(-n2c(C)cc(C(=O)N[C@H](c3ccc(F)cc3)c3cccs3)c2C)no1. The quantitative estimate of drug-likeness (QED) is 0.498. The van der Waals surface area contributed by atoms with E-state index in [2.05, 4.69) is 10.5 Å². The molecular formula is C22H20FN3O2S. The summed E-state index contributed by atoms with van der Waals surface area (Å²) in [5.74, 6) is 0.834. The number of halogens is 1. The minimum absolute atomic E-state index is 0.202. The maximum Gasteiger partial charge on any atom is 0.253 e. The molecule has 0 bridgehead atoms. The molecule has 3 aromatic heterocycles. The molecule has 7 heteroatoms. The van der Waals surface area contributed by atoms with Crippen molar-refractivity contribution in [1.29, 1.82) is 0 Å². The number of benzene rings is 1. The zero-order chi connectivity index (χ0) is 20.5. The molecule has 0 saturated carbocycles. The fourth-order valence-corrected chi connectivity index (χ4v) is 4.24. The minimum atomic E-state index is -0.361. The van der Waals surface area contributed by atoms with Crippen molar-refractivity contribution in [2.24, 2.45) is 0 Å². The first kappa shape index (κ1) is 19.1. The van der Waals surface area contributed by atoms with Crippen LogP contribution in [0.1, 0.15) is 44.0 Å². The first-order valence-electron chi connectivity index (χ1n) is 9.16. The van der Waals surface area contributed by atoms with Gasteiger partial charge in [-0.3, -0.25) is 9.36 Å². The van der Waals surface area contributed by atoms with E-state index in [1.54, 1.807) is 23.5 Å². The predicted molar refractivity (Wildman–Crippen MR) is 110 cm³/mol. The molecule has 4 rings (SSSR count). The summed E-state index contributed by atoms with van der Waals surface area (Å²) in [6, 6.07) is 13.4. The average molecular weight is 409 g/mol. The molecule has 5 nitrogen and oxygen atoms in total. The number of rotatable bonds is 5. The van der Waals surface area contributed by atoms with Crippen molar-refractivity contribution in [3.05, 3.63) is 92.9 Å². The molecule has 0 unspecified atom stereocenters. The van der Waals surface area contributed by atoms with Gasteiger partial charge in [0.05, 0.1) is 11.6 Å². The van der Waals surface area contributed by atoms with Crippen LogP contribution in [0, 0.1) is 26.6 Å². The molecule has 4 aromatic rings. The smallest absolute Gasteiger partial charge is 0.253 e. The van der Waals surface area contributed by atoms with Crippen molar-refractivity contribution in [3.8, 4) is 5.82 Å². The lowest BCUT2D eigenvalue weighted by Gasteiger charge is -2.18. The topological polar surface area (TPSA) is 60.1 Å². The standard InChI is InChI=1S/C22H20FN3O2S/c1-13-11-18(15(3)26(13)20-12-14(2)28-25-20)22(27)24-21(19-5-4-10-29-19)16-6-8-17(23)9-7-16/h4-12,21H,1-3H3,(H,24,27)/t21-/m1/s1. The Morgan fingerprint density at radius 3 is 2.55 bits per heavy atom. The average Bonchev–Trinajstić information content (AvgIpc) is 3.42. The maximum atomic E-state index is 13.4. The first-order valence-corrected chi connectivity index (χ1v) is 10.0. The van der Waals surface area contributed by atoms with Crippen LogP contribution in [-0.2, 0) is 0 Å². The summed E-state index contributed by atoms with van der Waals surface area (Å²) in [5, 5.41) is 9.12. The van der Waals surface area contributed by atoms with Gasteiger partial charge in [0.25, 0.3) is 5.91 Å². The molecule has 1 amide bonds. The lowest BCUT2D eigenvalue weighted by Crippen LogP contribution is -2.29. The van der Waals surface area contributed by atoms with Crippen LogP contribution in [0.2, 0.25) is 0 Å². The van der Waals surface area contributed by atoms with Gasteiger partial charge >= 0.3 is 0 Å². The highest BCUT2D eigenvalue weighted by Crippen LogP contribution is 2.28. The number of hydrogen-bond acceptors (Lipinski definition) is 4. The zero-order valence-electron chi connectivity index (χ0n) is 16.3. The van der Waals surface area contributed by atoms with Gasteiger partial charge in [-0.05, 0) is 56.0 Å². The third-order valence-corrected chi connectivity index (χ3v) is 5.76. The molecule has 1 aromatic carbocycles. The van der Waals surface area contributed by atoms with Crippen molar-refractivity contribution in [1.82, 2.24) is 15.0 Å². The zero-order valence-corrected chi connectivity index (χ0v) is 17.1. The Hall–Kier alpha value is -3.19. The second-order valence-electron chi connectivity index (χ2n) is 6.89. The number of hydrogen-bond donors (Lipinski definition) is 1. The van der Waals surface area contributed by atoms with E-state index in [1.165, 1.54) is 12.1 Å². The van der Waals surface area contributed by atoms with Crippen molar-refractivity contribution in [2.75, 3.05) is 0 Å². The number of nitrogens with zero attached hydrogens (tertiary/aromatic N) is 2. The highest BCUT2D eigenvalue weighted by atomic mass is 32.1. The minimum Gasteiger partial charge on any atom is -0.360 e. The van der Waals surface area contributed by atoms with Gasteiger partial charge in [0.15, 0.2) is 5.82 Å². The van der Waals surface area contributed by atoms with Crippen molar-refractivity contribution in [3.63, 3.8) is 0 Å². The van der Waals surface area contributed by atoms with Crippen molar-refractivity contribution < 1.29 is 13.7 Å². The van der Waals surface area contributed by atoms with E-state index in [0.29, 0.717) is 17.1 Å². The highest BCUT2D eigenvalue weighted by Gasteiger charge is 2.23. The number of amides is 1. The van der Waals surface area contributed by atoms with Gasteiger partial charge in [0, 0.05) is 22.3 Å². The van der Waals surface area contributed by atoms with Gasteiger partial charge in [-0.15, -0.1) is 11.3 Å². The van der Waals surface area contributed by atoms with Gasteiger partial charge in [-0.1, -0.05) is 23.4 Å². The Bertz CT molecular complexity index is 1140. The monoisotopic (exact) mass is 409 g/mol. The fourth-order valence-electron chi connectivity index (χ4n) is 3.44. The molecule has 0 spiro atoms. The Balaban J connectivity index is 1.67. The molecule has 0 aliphatic rings. The van der Waals surface area contributed by atoms with Gasteiger partial charge < -0.3 is 9.84 Å². The summed E-state index contributed by atoms with van der Waals surface area (Å²) in [7, 11) is 0. The number of carbonyl (C=O) groups is 1. The van der Waals surface area contributed by atoms with Gasteiger partial charge in [0.1, 0.15) is 11.6 Å². The third-order valence-electron chi connectivity index (χ3n) is 4.83. The summed E-state index contributed by atoms with van der Waals surface area (Å²) < 4.78 is 20.5. The Morgan fingerprint density at radius 2 is 1.93 bits per heavy atom. The number of aryl methyl sites for hydroxylation is 2. The van der Waals surface area contributed by atoms with Crippen LogP contribution in [0.15, 0.2) is 58.4 Å². The normalized spacial score (nSPS) is 12.1. The Labute approximate surface area is 171 Å². The molecule has 0 radical (unpaired) electrons. The van der Waals surface area contributed by atoms with E-state index in [1.807, 2.05) is 55.0 Å². The summed E-state index contributed by atoms with van der Waals surface area (Å²) >= 11 is 1.54. The summed E-state index contributed by atoms with van der Waals surface area (Å²) in [6.45, 7) is 5.63. The van der Waals surface area contributed by atoms with Crippen LogP contribution in [-0.4, -0.2) is 15.6 Å². The molecule has 0 aliphatic heterocycles. The second kappa shape index (κ2) is 7.67. The van der Waals surface area contributed by atoms with Crippen LogP contribution in [0.4, 0.5) is 4.39 Å². The van der Waals surface area contributed by atoms with Crippen molar-refractivity contribution in [2.45, 2.75) is 26.8 Å². The molecule has 29 heavy (non-hydrogen) atoms. The molecule has 1 atom stereocenters. The van der Waals surface area contributed by atoms with Crippen LogP contribution < -0.4 is 5.32 Å². The number of aromatic nitrogens is 2. The highest BCUT2D eigenvalue weighted by molar-refractivity contribution is 7.10.